The van der Waals surface area contributed by atoms with Crippen molar-refractivity contribution in [1.82, 2.24) is 0 Å². The predicted molar refractivity (Wildman–Crippen MR) is 67.4 cm³/mol. The molecule has 15 heavy (non-hydrogen) atoms. The summed E-state index contributed by atoms with van der Waals surface area (Å²) in [6.45, 7) is 4.17. The van der Waals surface area contributed by atoms with Gasteiger partial charge >= 0.3 is 0 Å². The largest absolute Gasteiger partial charge is 0.496 e. The highest BCUT2D eigenvalue weighted by Crippen LogP contribution is 2.28. The highest BCUT2D eigenvalue weighted by atomic mass is 79.9. The minimum Gasteiger partial charge on any atom is -0.496 e. The number of aryl methyl sites for hydroxylation is 1. The molecule has 1 rings (SSSR count). The normalized spacial score (nSPS) is 12.6. The third kappa shape index (κ3) is 3.21. The molecule has 0 aromatic heterocycles. The van der Waals surface area contributed by atoms with Gasteiger partial charge in [0.25, 0.3) is 0 Å². The SMILES string of the molecule is CCC(N)Cc1cc(C)c(Br)cc1OC. The molecule has 0 saturated carbocycles. The summed E-state index contributed by atoms with van der Waals surface area (Å²) in [6, 6.07) is 4.35. The average Bonchev–Trinajstić information content (AvgIpc) is 2.22. The molecule has 0 fully saturated rings. The molecule has 0 bridgehead atoms. The molecule has 2 N–H and O–H groups in total. The van der Waals surface area contributed by atoms with Gasteiger partial charge in [-0.25, -0.2) is 0 Å². The maximum absolute atomic E-state index is 5.95. The Morgan fingerprint density at radius 1 is 1.47 bits per heavy atom. The Labute approximate surface area is 99.9 Å². The number of methoxy groups -OCH3 is 1. The van der Waals surface area contributed by atoms with E-state index >= 15 is 0 Å². The van der Waals surface area contributed by atoms with Crippen molar-refractivity contribution >= 4 is 15.9 Å². The number of halogens is 1. The molecule has 0 spiro atoms. The minimum atomic E-state index is 0.208. The van der Waals surface area contributed by atoms with Crippen LogP contribution in [-0.2, 0) is 6.42 Å². The molecule has 1 unspecified atom stereocenters. The van der Waals surface area contributed by atoms with E-state index in [4.69, 9.17) is 10.5 Å². The molecular weight excluding hydrogens is 254 g/mol. The van der Waals surface area contributed by atoms with E-state index in [1.807, 2.05) is 6.07 Å². The van der Waals surface area contributed by atoms with Crippen LogP contribution in [0.25, 0.3) is 0 Å². The molecule has 0 amide bonds. The summed E-state index contributed by atoms with van der Waals surface area (Å²) < 4.78 is 6.42. The third-order valence-corrected chi connectivity index (χ3v) is 3.42. The summed E-state index contributed by atoms with van der Waals surface area (Å²) in [6.07, 6.45) is 1.85. The Hall–Kier alpha value is -0.540. The Kier molecular flexibility index (Phi) is 4.61. The molecule has 0 saturated heterocycles. The van der Waals surface area contributed by atoms with Crippen LogP contribution in [0.3, 0.4) is 0 Å². The van der Waals surface area contributed by atoms with Crippen molar-refractivity contribution in [3.05, 3.63) is 27.7 Å². The Balaban J connectivity index is 2.99. The van der Waals surface area contributed by atoms with Crippen molar-refractivity contribution in [2.24, 2.45) is 5.73 Å². The number of benzene rings is 1. The van der Waals surface area contributed by atoms with Crippen LogP contribution >= 0.6 is 15.9 Å². The zero-order chi connectivity index (χ0) is 11.4. The van der Waals surface area contributed by atoms with E-state index in [1.165, 1.54) is 11.1 Å². The quantitative estimate of drug-likeness (QED) is 0.914. The minimum absolute atomic E-state index is 0.208. The van der Waals surface area contributed by atoms with Crippen molar-refractivity contribution in [3.8, 4) is 5.75 Å². The van der Waals surface area contributed by atoms with Crippen molar-refractivity contribution < 1.29 is 4.74 Å². The first-order chi connectivity index (χ1) is 7.08. The molecule has 0 aliphatic rings. The van der Waals surface area contributed by atoms with Crippen molar-refractivity contribution in [2.45, 2.75) is 32.7 Å². The van der Waals surface area contributed by atoms with Crippen LogP contribution in [0.1, 0.15) is 24.5 Å². The molecule has 1 aromatic rings. The second-order valence-electron chi connectivity index (χ2n) is 3.79. The number of hydrogen-bond donors (Lipinski definition) is 1. The monoisotopic (exact) mass is 271 g/mol. The van der Waals surface area contributed by atoms with Gasteiger partial charge in [-0.1, -0.05) is 28.9 Å². The second kappa shape index (κ2) is 5.52. The van der Waals surface area contributed by atoms with Crippen LogP contribution in [0.15, 0.2) is 16.6 Å². The van der Waals surface area contributed by atoms with Gasteiger partial charge in [0, 0.05) is 10.5 Å². The van der Waals surface area contributed by atoms with Crippen LogP contribution in [0.5, 0.6) is 5.75 Å². The van der Waals surface area contributed by atoms with Crippen LogP contribution in [0.4, 0.5) is 0 Å². The van der Waals surface area contributed by atoms with E-state index < -0.39 is 0 Å². The average molecular weight is 272 g/mol. The van der Waals surface area contributed by atoms with Gasteiger partial charge in [-0.3, -0.25) is 0 Å². The van der Waals surface area contributed by atoms with Crippen LogP contribution < -0.4 is 10.5 Å². The lowest BCUT2D eigenvalue weighted by Gasteiger charge is -2.14. The molecule has 3 heteroatoms. The van der Waals surface area contributed by atoms with E-state index in [2.05, 4.69) is 35.8 Å². The fourth-order valence-electron chi connectivity index (χ4n) is 1.50. The van der Waals surface area contributed by atoms with Crippen molar-refractivity contribution in [1.29, 1.82) is 0 Å². The topological polar surface area (TPSA) is 35.2 Å². The van der Waals surface area contributed by atoms with E-state index in [0.29, 0.717) is 0 Å². The zero-order valence-electron chi connectivity index (χ0n) is 9.51. The maximum Gasteiger partial charge on any atom is 0.123 e. The summed E-state index contributed by atoms with van der Waals surface area (Å²) in [7, 11) is 1.69. The number of hydrogen-bond acceptors (Lipinski definition) is 2. The lowest BCUT2D eigenvalue weighted by Crippen LogP contribution is -2.21. The maximum atomic E-state index is 5.95. The lowest BCUT2D eigenvalue weighted by atomic mass is 10.0. The first-order valence-electron chi connectivity index (χ1n) is 5.17. The van der Waals surface area contributed by atoms with Gasteiger partial charge in [0.1, 0.15) is 5.75 Å². The molecule has 84 valence electrons. The third-order valence-electron chi connectivity index (χ3n) is 2.57. The highest BCUT2D eigenvalue weighted by molar-refractivity contribution is 9.10. The summed E-state index contributed by atoms with van der Waals surface area (Å²) in [5, 5.41) is 0. The van der Waals surface area contributed by atoms with Crippen LogP contribution in [0.2, 0.25) is 0 Å². The zero-order valence-corrected chi connectivity index (χ0v) is 11.1. The molecule has 0 radical (unpaired) electrons. The molecular formula is C12H18BrNO. The van der Waals surface area contributed by atoms with Crippen LogP contribution in [-0.4, -0.2) is 13.2 Å². The van der Waals surface area contributed by atoms with E-state index in [0.717, 1.165) is 23.1 Å². The van der Waals surface area contributed by atoms with E-state index in [-0.39, 0.29) is 6.04 Å². The van der Waals surface area contributed by atoms with Crippen molar-refractivity contribution in [3.63, 3.8) is 0 Å². The first-order valence-corrected chi connectivity index (χ1v) is 5.96. The van der Waals surface area contributed by atoms with E-state index in [9.17, 15) is 0 Å². The van der Waals surface area contributed by atoms with Gasteiger partial charge in [-0.2, -0.15) is 0 Å². The fraction of sp³-hybridized carbons (Fsp3) is 0.500. The first kappa shape index (κ1) is 12.5. The van der Waals surface area contributed by atoms with Gasteiger partial charge in [-0.15, -0.1) is 0 Å². The smallest absolute Gasteiger partial charge is 0.123 e. The molecule has 1 aromatic carbocycles. The van der Waals surface area contributed by atoms with Gasteiger partial charge in [0.15, 0.2) is 0 Å². The van der Waals surface area contributed by atoms with E-state index in [1.54, 1.807) is 7.11 Å². The Morgan fingerprint density at radius 3 is 2.67 bits per heavy atom. The standard InChI is InChI=1S/C12H18BrNO/c1-4-10(14)6-9-5-8(2)11(13)7-12(9)15-3/h5,7,10H,4,6,14H2,1-3H3. The number of rotatable bonds is 4. The van der Waals surface area contributed by atoms with Gasteiger partial charge < -0.3 is 10.5 Å². The molecule has 1 atom stereocenters. The number of ether oxygens (including phenoxy) is 1. The van der Waals surface area contributed by atoms with Crippen LogP contribution in [0, 0.1) is 6.92 Å². The summed E-state index contributed by atoms with van der Waals surface area (Å²) in [5.41, 5.74) is 8.35. The fourth-order valence-corrected chi connectivity index (χ4v) is 1.82. The lowest BCUT2D eigenvalue weighted by molar-refractivity contribution is 0.407. The summed E-state index contributed by atoms with van der Waals surface area (Å²) in [4.78, 5) is 0. The highest BCUT2D eigenvalue weighted by Gasteiger charge is 2.09. The van der Waals surface area contributed by atoms with Gasteiger partial charge in [0.05, 0.1) is 7.11 Å². The molecule has 0 aliphatic carbocycles. The summed E-state index contributed by atoms with van der Waals surface area (Å²) >= 11 is 3.49. The predicted octanol–water partition coefficient (Wildman–Crippen LogP) is 3.05. The summed E-state index contributed by atoms with van der Waals surface area (Å²) in [5.74, 6) is 0.913. The molecule has 0 heterocycles. The second-order valence-corrected chi connectivity index (χ2v) is 4.64. The Bertz CT molecular complexity index is 339. The Morgan fingerprint density at radius 2 is 2.13 bits per heavy atom. The van der Waals surface area contributed by atoms with Gasteiger partial charge in [-0.05, 0) is 37.0 Å². The van der Waals surface area contributed by atoms with Crippen molar-refractivity contribution in [2.75, 3.05) is 7.11 Å². The molecule has 2 nitrogen and oxygen atoms in total. The number of nitrogens with two attached hydrogens (primary N) is 1. The van der Waals surface area contributed by atoms with Gasteiger partial charge in [0.2, 0.25) is 0 Å². The molecule has 0 aliphatic heterocycles.